The smallest absolute Gasteiger partial charge is 0.325 e. The summed E-state index contributed by atoms with van der Waals surface area (Å²) in [6.45, 7) is 3.95. The quantitative estimate of drug-likeness (QED) is 0.791. The van der Waals surface area contributed by atoms with Crippen molar-refractivity contribution in [3.05, 3.63) is 53.7 Å². The molecule has 0 spiro atoms. The molecule has 146 valence electrons. The van der Waals surface area contributed by atoms with E-state index in [9.17, 15) is 9.59 Å². The number of urea groups is 1. The van der Waals surface area contributed by atoms with E-state index in [0.29, 0.717) is 31.2 Å². The maximum absolute atomic E-state index is 12.7. The second-order valence-corrected chi connectivity index (χ2v) is 7.33. The van der Waals surface area contributed by atoms with Crippen molar-refractivity contribution in [1.29, 1.82) is 0 Å². The molecule has 0 aliphatic carbocycles. The van der Waals surface area contributed by atoms with Crippen LogP contribution in [-0.4, -0.2) is 72.5 Å². The Morgan fingerprint density at radius 2 is 1.82 bits per heavy atom. The van der Waals surface area contributed by atoms with Gasteiger partial charge in [-0.1, -0.05) is 23.7 Å². The van der Waals surface area contributed by atoms with Crippen LogP contribution >= 0.6 is 11.6 Å². The summed E-state index contributed by atoms with van der Waals surface area (Å²) < 4.78 is 0. The van der Waals surface area contributed by atoms with E-state index in [2.05, 4.69) is 9.88 Å². The molecule has 0 radical (unpaired) electrons. The van der Waals surface area contributed by atoms with E-state index >= 15 is 0 Å². The van der Waals surface area contributed by atoms with E-state index in [1.807, 2.05) is 35.2 Å². The predicted octanol–water partition coefficient (Wildman–Crippen LogP) is 2.33. The van der Waals surface area contributed by atoms with Crippen LogP contribution in [0.25, 0.3) is 0 Å². The number of amides is 3. The number of halogens is 1. The van der Waals surface area contributed by atoms with Gasteiger partial charge in [0, 0.05) is 56.2 Å². The standard InChI is InChI=1S/C20H22ClN5O2/c21-16-4-3-5-17(14-16)26-13-12-25(20(26)28)15-19(27)24-10-8-23(9-11-24)18-6-1-2-7-22-18/h1-7,14H,8-13,15H2. The maximum Gasteiger partial charge on any atom is 0.325 e. The lowest BCUT2D eigenvalue weighted by atomic mass is 10.3. The van der Waals surface area contributed by atoms with Gasteiger partial charge in [0.25, 0.3) is 0 Å². The Hall–Kier alpha value is -2.80. The Labute approximate surface area is 169 Å². The number of benzene rings is 1. The molecule has 7 nitrogen and oxygen atoms in total. The summed E-state index contributed by atoms with van der Waals surface area (Å²) in [6, 6.07) is 12.9. The minimum Gasteiger partial charge on any atom is -0.353 e. The van der Waals surface area contributed by atoms with Crippen molar-refractivity contribution in [2.24, 2.45) is 0 Å². The highest BCUT2D eigenvalue weighted by atomic mass is 35.5. The lowest BCUT2D eigenvalue weighted by Gasteiger charge is -2.36. The molecule has 1 aromatic heterocycles. The zero-order valence-corrected chi connectivity index (χ0v) is 16.3. The molecular weight excluding hydrogens is 378 g/mol. The van der Waals surface area contributed by atoms with Crippen LogP contribution in [0, 0.1) is 0 Å². The van der Waals surface area contributed by atoms with Crippen LogP contribution in [0.1, 0.15) is 0 Å². The average Bonchev–Trinajstić information content (AvgIpc) is 3.09. The van der Waals surface area contributed by atoms with Crippen LogP contribution in [0.3, 0.4) is 0 Å². The predicted molar refractivity (Wildman–Crippen MR) is 109 cm³/mol. The van der Waals surface area contributed by atoms with Crippen molar-refractivity contribution in [1.82, 2.24) is 14.8 Å². The molecule has 0 bridgehead atoms. The topological polar surface area (TPSA) is 60.0 Å². The number of rotatable bonds is 4. The first kappa shape index (κ1) is 18.6. The Kier molecular flexibility index (Phi) is 5.34. The van der Waals surface area contributed by atoms with Gasteiger partial charge in [-0.15, -0.1) is 0 Å². The zero-order chi connectivity index (χ0) is 19.5. The Bertz CT molecular complexity index is 855. The minimum absolute atomic E-state index is 0.0121. The number of carbonyl (C=O) groups is 2. The van der Waals surface area contributed by atoms with Gasteiger partial charge in [0.05, 0.1) is 0 Å². The van der Waals surface area contributed by atoms with Crippen molar-refractivity contribution >= 4 is 35.0 Å². The summed E-state index contributed by atoms with van der Waals surface area (Å²) in [4.78, 5) is 37.0. The van der Waals surface area contributed by atoms with Crippen LogP contribution < -0.4 is 9.80 Å². The molecule has 2 saturated heterocycles. The highest BCUT2D eigenvalue weighted by Gasteiger charge is 2.32. The summed E-state index contributed by atoms with van der Waals surface area (Å²) in [5.74, 6) is 0.920. The first-order valence-electron chi connectivity index (χ1n) is 9.37. The van der Waals surface area contributed by atoms with Crippen LogP contribution in [0.15, 0.2) is 48.7 Å². The number of hydrogen-bond acceptors (Lipinski definition) is 4. The normalized spacial score (nSPS) is 17.4. The van der Waals surface area contributed by atoms with Crippen molar-refractivity contribution in [2.45, 2.75) is 0 Å². The fraction of sp³-hybridized carbons (Fsp3) is 0.350. The number of nitrogens with zero attached hydrogens (tertiary/aromatic N) is 5. The SMILES string of the molecule is O=C(CN1CCN(c2cccc(Cl)c2)C1=O)N1CCN(c2ccccn2)CC1. The largest absolute Gasteiger partial charge is 0.353 e. The number of piperazine rings is 1. The van der Waals surface area contributed by atoms with Crippen molar-refractivity contribution in [3.8, 4) is 0 Å². The average molecular weight is 400 g/mol. The van der Waals surface area contributed by atoms with Gasteiger partial charge in [0.1, 0.15) is 12.4 Å². The fourth-order valence-corrected chi connectivity index (χ4v) is 3.79. The molecule has 3 heterocycles. The van der Waals surface area contributed by atoms with E-state index in [0.717, 1.165) is 24.6 Å². The second-order valence-electron chi connectivity index (χ2n) is 6.89. The number of pyridine rings is 1. The van der Waals surface area contributed by atoms with Gasteiger partial charge < -0.3 is 14.7 Å². The third-order valence-corrected chi connectivity index (χ3v) is 5.38. The summed E-state index contributed by atoms with van der Waals surface area (Å²) in [6.07, 6.45) is 1.78. The van der Waals surface area contributed by atoms with Crippen molar-refractivity contribution in [2.75, 3.05) is 55.6 Å². The lowest BCUT2D eigenvalue weighted by Crippen LogP contribution is -2.51. The molecule has 4 rings (SSSR count). The molecule has 2 aliphatic rings. The number of aromatic nitrogens is 1. The molecule has 8 heteroatoms. The highest BCUT2D eigenvalue weighted by molar-refractivity contribution is 6.30. The molecule has 0 N–H and O–H groups in total. The third-order valence-electron chi connectivity index (χ3n) is 5.15. The lowest BCUT2D eigenvalue weighted by molar-refractivity contribution is -0.131. The van der Waals surface area contributed by atoms with Crippen LogP contribution in [0.4, 0.5) is 16.3 Å². The summed E-state index contributed by atoms with van der Waals surface area (Å²) in [5, 5.41) is 0.589. The molecule has 3 amide bonds. The number of hydrogen-bond donors (Lipinski definition) is 0. The van der Waals surface area contributed by atoms with E-state index in [1.54, 1.807) is 28.1 Å². The number of anilines is 2. The molecule has 1 aromatic carbocycles. The third kappa shape index (κ3) is 3.89. The first-order chi connectivity index (χ1) is 13.6. The van der Waals surface area contributed by atoms with Crippen LogP contribution in [0.5, 0.6) is 0 Å². The molecule has 0 saturated carbocycles. The van der Waals surface area contributed by atoms with Gasteiger partial charge in [-0.25, -0.2) is 9.78 Å². The van der Waals surface area contributed by atoms with Crippen molar-refractivity contribution in [3.63, 3.8) is 0 Å². The van der Waals surface area contributed by atoms with E-state index in [-0.39, 0.29) is 18.5 Å². The van der Waals surface area contributed by atoms with Gasteiger partial charge >= 0.3 is 6.03 Å². The molecule has 2 aromatic rings. The molecule has 2 fully saturated rings. The molecular formula is C20H22ClN5O2. The van der Waals surface area contributed by atoms with Gasteiger partial charge in [0.2, 0.25) is 5.91 Å². The van der Waals surface area contributed by atoms with Gasteiger partial charge in [-0.05, 0) is 30.3 Å². The second kappa shape index (κ2) is 8.06. The van der Waals surface area contributed by atoms with E-state index in [4.69, 9.17) is 11.6 Å². The summed E-state index contributed by atoms with van der Waals surface area (Å²) >= 11 is 6.03. The minimum atomic E-state index is -0.150. The molecule has 2 aliphatic heterocycles. The fourth-order valence-electron chi connectivity index (χ4n) is 3.60. The van der Waals surface area contributed by atoms with E-state index < -0.39 is 0 Å². The van der Waals surface area contributed by atoms with Gasteiger partial charge in [-0.3, -0.25) is 9.69 Å². The van der Waals surface area contributed by atoms with E-state index in [1.165, 1.54) is 0 Å². The Morgan fingerprint density at radius 1 is 1.00 bits per heavy atom. The Balaban J connectivity index is 1.31. The zero-order valence-electron chi connectivity index (χ0n) is 15.5. The highest BCUT2D eigenvalue weighted by Crippen LogP contribution is 2.23. The maximum atomic E-state index is 12.7. The van der Waals surface area contributed by atoms with Crippen molar-refractivity contribution < 1.29 is 9.59 Å². The molecule has 0 unspecified atom stereocenters. The van der Waals surface area contributed by atoms with Gasteiger partial charge in [0.15, 0.2) is 0 Å². The first-order valence-corrected chi connectivity index (χ1v) is 9.75. The molecule has 0 atom stereocenters. The van der Waals surface area contributed by atoms with Gasteiger partial charge in [-0.2, -0.15) is 0 Å². The monoisotopic (exact) mass is 399 g/mol. The summed E-state index contributed by atoms with van der Waals surface area (Å²) in [7, 11) is 0. The van der Waals surface area contributed by atoms with Crippen LogP contribution in [0.2, 0.25) is 5.02 Å². The Morgan fingerprint density at radius 3 is 2.54 bits per heavy atom. The van der Waals surface area contributed by atoms with Crippen LogP contribution in [-0.2, 0) is 4.79 Å². The molecule has 28 heavy (non-hydrogen) atoms. The summed E-state index contributed by atoms with van der Waals surface area (Å²) in [5.41, 5.74) is 0.761. The number of carbonyl (C=O) groups excluding carboxylic acids is 2.